The maximum absolute atomic E-state index is 13.6. The van der Waals surface area contributed by atoms with Gasteiger partial charge in [-0.05, 0) is 53.6 Å². The van der Waals surface area contributed by atoms with Gasteiger partial charge in [-0.15, -0.1) is 5.10 Å². The Kier molecular flexibility index (Phi) is 8.70. The van der Waals surface area contributed by atoms with Crippen LogP contribution in [0.1, 0.15) is 42.3 Å². The molecule has 8 nitrogen and oxygen atoms in total. The largest absolute Gasteiger partial charge is 0.496 e. The number of ether oxygens (including phenoxy) is 1. The maximum Gasteiger partial charge on any atom is 0.453 e. The van der Waals surface area contributed by atoms with Gasteiger partial charge in [0.25, 0.3) is 5.82 Å². The minimum atomic E-state index is -4.68. The van der Waals surface area contributed by atoms with E-state index in [-0.39, 0.29) is 17.6 Å². The lowest BCUT2D eigenvalue weighted by atomic mass is 9.81. The standard InChI is InChI=1S/C33H38F3N7O/c1-23(2)41-16-17-42-28(21-41)20-40(22-29(42)31(24-10-6-4-7-11-24)25-12-8-5-9-13-25)19-26-18-27(14-15-30(26)44-3)43-32(33(34,35)36)37-38-39-43/h4-15,18,23,28-29,31H,16-17,19-22H2,1-3H3/t28-,29+/m1/s1. The number of hydrogen-bond donors (Lipinski definition) is 0. The Labute approximate surface area is 256 Å². The zero-order valence-electron chi connectivity index (χ0n) is 25.2. The van der Waals surface area contributed by atoms with E-state index < -0.39 is 12.0 Å². The lowest BCUT2D eigenvalue weighted by Gasteiger charge is -2.54. The van der Waals surface area contributed by atoms with E-state index in [4.69, 9.17) is 4.74 Å². The first-order valence-electron chi connectivity index (χ1n) is 15.1. The molecule has 2 aliphatic heterocycles. The predicted molar refractivity (Wildman–Crippen MR) is 162 cm³/mol. The molecule has 2 aliphatic rings. The minimum Gasteiger partial charge on any atom is -0.496 e. The van der Waals surface area contributed by atoms with Crippen LogP contribution in [0.15, 0.2) is 78.9 Å². The van der Waals surface area contributed by atoms with Gasteiger partial charge in [-0.1, -0.05) is 60.7 Å². The molecule has 0 saturated carbocycles. The van der Waals surface area contributed by atoms with Crippen LogP contribution in [-0.4, -0.2) is 92.9 Å². The van der Waals surface area contributed by atoms with Crippen molar-refractivity contribution < 1.29 is 17.9 Å². The third kappa shape index (κ3) is 6.22. The van der Waals surface area contributed by atoms with Gasteiger partial charge in [0.05, 0.1) is 12.8 Å². The topological polar surface area (TPSA) is 62.6 Å². The number of methoxy groups -OCH3 is 1. The van der Waals surface area contributed by atoms with Gasteiger partial charge in [-0.3, -0.25) is 14.7 Å². The van der Waals surface area contributed by atoms with Crippen LogP contribution in [0.4, 0.5) is 13.2 Å². The van der Waals surface area contributed by atoms with Crippen LogP contribution in [0.5, 0.6) is 5.75 Å². The number of benzene rings is 3. The fourth-order valence-electron chi connectivity index (χ4n) is 6.89. The van der Waals surface area contributed by atoms with E-state index >= 15 is 0 Å². The zero-order valence-corrected chi connectivity index (χ0v) is 25.2. The second-order valence-corrected chi connectivity index (χ2v) is 11.9. The van der Waals surface area contributed by atoms with E-state index in [1.165, 1.54) is 11.1 Å². The minimum absolute atomic E-state index is 0.150. The van der Waals surface area contributed by atoms with Crippen molar-refractivity contribution in [2.75, 3.05) is 39.8 Å². The summed E-state index contributed by atoms with van der Waals surface area (Å²) in [4.78, 5) is 7.67. The van der Waals surface area contributed by atoms with Crippen LogP contribution in [0.2, 0.25) is 0 Å². The second kappa shape index (κ2) is 12.7. The molecule has 4 aromatic rings. The fourth-order valence-corrected chi connectivity index (χ4v) is 6.89. The van der Waals surface area contributed by atoms with E-state index in [1.54, 1.807) is 25.3 Å². The van der Waals surface area contributed by atoms with Crippen molar-refractivity contribution in [1.29, 1.82) is 0 Å². The summed E-state index contributed by atoms with van der Waals surface area (Å²) in [5, 5.41) is 10.2. The van der Waals surface area contributed by atoms with Crippen molar-refractivity contribution >= 4 is 0 Å². The molecule has 2 fully saturated rings. The van der Waals surface area contributed by atoms with Gasteiger partial charge in [0.1, 0.15) is 5.75 Å². The van der Waals surface area contributed by atoms with E-state index in [1.807, 2.05) is 0 Å². The molecule has 0 N–H and O–H groups in total. The molecule has 1 aromatic heterocycles. The summed E-state index contributed by atoms with van der Waals surface area (Å²) in [5.74, 6) is -0.395. The summed E-state index contributed by atoms with van der Waals surface area (Å²) < 4.78 is 47.3. The van der Waals surface area contributed by atoms with Gasteiger partial charge in [-0.2, -0.15) is 17.9 Å². The van der Waals surface area contributed by atoms with Gasteiger partial charge in [0.15, 0.2) is 0 Å². The number of rotatable bonds is 8. The number of nitrogens with zero attached hydrogens (tertiary/aromatic N) is 7. The average Bonchev–Trinajstić information content (AvgIpc) is 3.53. The summed E-state index contributed by atoms with van der Waals surface area (Å²) >= 11 is 0. The molecule has 0 unspecified atom stereocenters. The lowest BCUT2D eigenvalue weighted by Crippen LogP contribution is -2.67. The van der Waals surface area contributed by atoms with Gasteiger partial charge >= 0.3 is 6.18 Å². The van der Waals surface area contributed by atoms with Crippen molar-refractivity contribution in [3.05, 3.63) is 101 Å². The molecule has 232 valence electrons. The number of alkyl halides is 3. The molecular weight excluding hydrogens is 567 g/mol. The molecule has 0 spiro atoms. The highest BCUT2D eigenvalue weighted by atomic mass is 19.4. The monoisotopic (exact) mass is 605 g/mol. The van der Waals surface area contributed by atoms with Crippen LogP contribution in [0.3, 0.4) is 0 Å². The zero-order chi connectivity index (χ0) is 30.8. The van der Waals surface area contributed by atoms with Crippen LogP contribution < -0.4 is 4.74 Å². The van der Waals surface area contributed by atoms with E-state index in [2.05, 4.69) is 105 Å². The third-order valence-electron chi connectivity index (χ3n) is 8.96. The van der Waals surface area contributed by atoms with E-state index in [0.29, 0.717) is 24.4 Å². The molecule has 44 heavy (non-hydrogen) atoms. The molecule has 11 heteroatoms. The van der Waals surface area contributed by atoms with Crippen molar-refractivity contribution in [3.63, 3.8) is 0 Å². The molecule has 3 heterocycles. The Balaban J connectivity index is 1.37. The SMILES string of the molecule is COc1ccc(-n2nnnc2C(F)(F)F)cc1CN1C[C@@H]2CN(C(C)C)CCN2[C@H](C(c2ccccc2)c2ccccc2)C1. The first-order chi connectivity index (χ1) is 21.2. The molecule has 0 bridgehead atoms. The summed E-state index contributed by atoms with van der Waals surface area (Å²) in [6.45, 7) is 9.59. The highest BCUT2D eigenvalue weighted by Crippen LogP contribution is 2.37. The Hall–Kier alpha value is -3.80. The Bertz CT molecular complexity index is 1490. The fraction of sp³-hybridized carbons (Fsp3) is 0.424. The van der Waals surface area contributed by atoms with Gasteiger partial charge in [0.2, 0.25) is 0 Å². The Morgan fingerprint density at radius 1 is 0.886 bits per heavy atom. The number of fused-ring (bicyclic) bond motifs is 1. The quantitative estimate of drug-likeness (QED) is 0.277. The average molecular weight is 606 g/mol. The van der Waals surface area contributed by atoms with Crippen molar-refractivity contribution in [1.82, 2.24) is 34.9 Å². The van der Waals surface area contributed by atoms with Crippen LogP contribution >= 0.6 is 0 Å². The maximum atomic E-state index is 13.6. The molecule has 0 aliphatic carbocycles. The van der Waals surface area contributed by atoms with Crippen LogP contribution in [0.25, 0.3) is 5.69 Å². The summed E-state index contributed by atoms with van der Waals surface area (Å²) in [6, 6.07) is 27.3. The second-order valence-electron chi connectivity index (χ2n) is 11.9. The summed E-state index contributed by atoms with van der Waals surface area (Å²) in [6.07, 6.45) is -4.68. The Morgan fingerprint density at radius 3 is 2.18 bits per heavy atom. The van der Waals surface area contributed by atoms with Crippen LogP contribution in [-0.2, 0) is 12.7 Å². The third-order valence-corrected chi connectivity index (χ3v) is 8.96. The van der Waals surface area contributed by atoms with Gasteiger partial charge in [-0.25, -0.2) is 0 Å². The lowest BCUT2D eigenvalue weighted by molar-refractivity contribution is -0.146. The van der Waals surface area contributed by atoms with Crippen molar-refractivity contribution in [2.45, 2.75) is 50.6 Å². The first-order valence-corrected chi connectivity index (χ1v) is 15.1. The summed E-state index contributed by atoms with van der Waals surface area (Å²) in [7, 11) is 1.58. The molecule has 0 amide bonds. The predicted octanol–water partition coefficient (Wildman–Crippen LogP) is 5.10. The number of tetrazole rings is 1. The first kappa shape index (κ1) is 30.2. The van der Waals surface area contributed by atoms with Crippen molar-refractivity contribution in [2.24, 2.45) is 0 Å². The number of piperazine rings is 2. The molecule has 0 radical (unpaired) electrons. The molecule has 3 aromatic carbocycles. The highest BCUT2D eigenvalue weighted by Gasteiger charge is 2.43. The number of aromatic nitrogens is 4. The van der Waals surface area contributed by atoms with E-state index in [9.17, 15) is 13.2 Å². The smallest absolute Gasteiger partial charge is 0.453 e. The highest BCUT2D eigenvalue weighted by molar-refractivity contribution is 5.44. The van der Waals surface area contributed by atoms with E-state index in [0.717, 1.165) is 43.0 Å². The molecule has 2 saturated heterocycles. The van der Waals surface area contributed by atoms with Crippen LogP contribution in [0, 0.1) is 0 Å². The normalized spacial score (nSPS) is 20.3. The molecule has 6 rings (SSSR count). The molecular formula is C33H38F3N7O. The number of hydrogen-bond acceptors (Lipinski definition) is 7. The van der Waals surface area contributed by atoms with Crippen molar-refractivity contribution in [3.8, 4) is 11.4 Å². The Morgan fingerprint density at radius 2 is 1.57 bits per heavy atom. The summed E-state index contributed by atoms with van der Waals surface area (Å²) in [5.41, 5.74) is 3.57. The number of halogens is 3. The van der Waals surface area contributed by atoms with Gasteiger partial charge in [0, 0.05) is 68.9 Å². The molecule has 2 atom stereocenters. The van der Waals surface area contributed by atoms with Gasteiger partial charge < -0.3 is 4.74 Å².